The van der Waals surface area contributed by atoms with Gasteiger partial charge in [0, 0.05) is 16.9 Å². The Hall–Kier alpha value is -3.05. The van der Waals surface area contributed by atoms with Crippen molar-refractivity contribution in [2.45, 2.75) is 257 Å². The summed E-state index contributed by atoms with van der Waals surface area (Å²) in [7, 11) is 1.07. The molecular weight excluding hydrogens is 1120 g/mol. The highest BCUT2D eigenvalue weighted by Crippen LogP contribution is 2.76. The van der Waals surface area contributed by atoms with Gasteiger partial charge in [-0.25, -0.2) is 9.59 Å². The second-order valence-electron chi connectivity index (χ2n) is 28.4. The molecule has 23 nitrogen and oxygen atoms in total. The van der Waals surface area contributed by atoms with Gasteiger partial charge in [0.2, 0.25) is 0 Å². The largest absolute Gasteiger partial charge is 0.467 e. The summed E-state index contributed by atoms with van der Waals surface area (Å²) in [6.07, 6.45) is -20.5. The molecule has 11 N–H and O–H groups in total. The van der Waals surface area contributed by atoms with Crippen LogP contribution in [0.5, 0.6) is 0 Å². The number of carbonyl (C=O) groups is 3. The number of aliphatic hydroxyl groups excluding tert-OH is 11. The summed E-state index contributed by atoms with van der Waals surface area (Å²) < 4.78 is 54.8. The maximum Gasteiger partial charge on any atom is 0.337 e. The lowest BCUT2D eigenvalue weighted by molar-refractivity contribution is -0.383. The molecule has 0 unspecified atom stereocenters. The molecule has 27 atom stereocenters. The van der Waals surface area contributed by atoms with Crippen molar-refractivity contribution in [2.24, 2.45) is 56.2 Å². The fourth-order valence-corrected chi connectivity index (χ4v) is 17.1. The van der Waals surface area contributed by atoms with Crippen LogP contribution in [0.4, 0.5) is 0 Å². The number of allylic oxidation sites excluding steroid dienone is 4. The van der Waals surface area contributed by atoms with Gasteiger partial charge in [0.25, 0.3) is 0 Å². The van der Waals surface area contributed by atoms with Crippen LogP contribution in [0.15, 0.2) is 34.9 Å². The number of rotatable bonds is 18. The van der Waals surface area contributed by atoms with E-state index >= 15 is 0 Å². The van der Waals surface area contributed by atoms with E-state index in [9.17, 15) is 70.6 Å². The van der Waals surface area contributed by atoms with E-state index < -0.39 is 199 Å². The van der Waals surface area contributed by atoms with Crippen LogP contribution >= 0.6 is 0 Å². The summed E-state index contributed by atoms with van der Waals surface area (Å²) in [5, 5.41) is 125. The molecule has 0 radical (unpaired) electrons. The molecular formula is C63H100O23. The van der Waals surface area contributed by atoms with E-state index in [4.69, 9.17) is 42.6 Å². The maximum atomic E-state index is 14.1. The number of esters is 3. The Bertz CT molecular complexity index is 2510. The Morgan fingerprint density at radius 3 is 1.90 bits per heavy atom. The van der Waals surface area contributed by atoms with E-state index in [-0.39, 0.29) is 11.8 Å². The SMILES string of the molecule is CC[C@@H](C)C(=O)O[C@@H]1[C@@H](OC(=O)/C=C(\C)CCC=C(C)C)C(C)(C)C[C@H]2C3=CC[C@@H]4[C@]5(C)CC[C@H](O[C@H]6O[C@@H](C(=O)OC)[C@H](O[C@H]7O[C@H](CO)[C@@H](O)[C@@H]7O)[C@@H](O)[C@@H]6O[C@H]6O[C@@H](CO)[C@H](O)[C@@H](O)[C@@H]6O)C(C)(C)[C@@H]5CC[C@]4(C)[C@@]3(C)[C@@H](O)[C@H](O)[C@]12CO. The van der Waals surface area contributed by atoms with Crippen LogP contribution in [-0.2, 0) is 57.0 Å². The standard InChI is InChI=1S/C63H100O23/c1-14-31(5)53(76)86-52-51(82-39(67)24-30(4)17-15-16-29(2)3)58(6,7)25-33-32-18-19-37-60(10)22-21-38(59(8,9)36(60)20-23-61(37,11)62(32,12)49(74)50(75)63(33,52)28-66)81-57-47(84-56-44(72)42(70)40(68)34(26-64)79-56)45(73)46(48(85-57)54(77)78-13)83-55-43(71)41(69)35(27-65)80-55/h16,18,24,31,33-38,40-52,55-57,64-66,68-75H,14-15,17,19-23,25-28H2,1-13H3/b30-24+/t31-,33+,34+,35-,36+,37-,38+,40+,41-,42-,43+,44+,45-,46-,47+,48-,49+,50+,51-,52-,55-,56-,57+,60-,61+,62-,63-/m1/s1. The molecule has 23 heteroatoms. The molecule has 4 saturated carbocycles. The molecule has 7 fully saturated rings. The molecule has 0 aromatic rings. The number of aliphatic hydroxyl groups is 11. The number of carbonyl (C=O) groups excluding carboxylic acids is 3. The van der Waals surface area contributed by atoms with E-state index in [0.29, 0.717) is 51.4 Å². The predicted molar refractivity (Wildman–Crippen MR) is 304 cm³/mol. The third-order valence-corrected chi connectivity index (χ3v) is 22.5. The van der Waals surface area contributed by atoms with Gasteiger partial charge in [0.05, 0.1) is 56.6 Å². The van der Waals surface area contributed by atoms with Gasteiger partial charge in [0.15, 0.2) is 31.1 Å². The zero-order valence-corrected chi connectivity index (χ0v) is 52.3. The highest BCUT2D eigenvalue weighted by molar-refractivity contribution is 5.83. The number of fused-ring (bicyclic) bond motifs is 7. The summed E-state index contributed by atoms with van der Waals surface area (Å²) in [6.45, 7) is 21.6. The monoisotopic (exact) mass is 1220 g/mol. The van der Waals surface area contributed by atoms with Crippen molar-refractivity contribution in [2.75, 3.05) is 26.9 Å². The molecule has 0 spiro atoms. The number of methoxy groups -OCH3 is 1. The minimum Gasteiger partial charge on any atom is -0.467 e. The first-order chi connectivity index (χ1) is 40.2. The van der Waals surface area contributed by atoms with Gasteiger partial charge in [-0.2, -0.15) is 0 Å². The van der Waals surface area contributed by atoms with Crippen molar-refractivity contribution < 1.29 is 113 Å². The summed E-state index contributed by atoms with van der Waals surface area (Å²) >= 11 is 0. The summed E-state index contributed by atoms with van der Waals surface area (Å²) in [6, 6.07) is 0. The van der Waals surface area contributed by atoms with Crippen LogP contribution in [0.3, 0.4) is 0 Å². The van der Waals surface area contributed by atoms with Gasteiger partial charge in [-0.1, -0.05) is 91.2 Å². The molecule has 0 aromatic heterocycles. The highest BCUT2D eigenvalue weighted by Gasteiger charge is 2.76. The Kier molecular flexibility index (Phi) is 20.7. The molecule has 86 heavy (non-hydrogen) atoms. The lowest BCUT2D eigenvalue weighted by atomic mass is 9.32. The van der Waals surface area contributed by atoms with E-state index in [0.717, 1.165) is 30.2 Å². The van der Waals surface area contributed by atoms with Crippen LogP contribution in [0.2, 0.25) is 0 Å². The van der Waals surface area contributed by atoms with E-state index in [1.54, 1.807) is 6.92 Å². The first-order valence-electron chi connectivity index (χ1n) is 30.9. The predicted octanol–water partition coefficient (Wildman–Crippen LogP) is 2.16. The van der Waals surface area contributed by atoms with E-state index in [1.165, 1.54) is 6.08 Å². The summed E-state index contributed by atoms with van der Waals surface area (Å²) in [4.78, 5) is 41.7. The number of hydrogen-bond acceptors (Lipinski definition) is 23. The molecule has 8 aliphatic rings. The molecule has 0 aromatic carbocycles. The minimum atomic E-state index is -1.99. The lowest BCUT2D eigenvalue weighted by Crippen LogP contribution is -2.76. The normalized spacial score (nSPS) is 46.5. The quantitative estimate of drug-likeness (QED) is 0.0308. The fraction of sp³-hybridized carbons (Fsp3) is 0.857. The van der Waals surface area contributed by atoms with Crippen LogP contribution < -0.4 is 0 Å². The smallest absolute Gasteiger partial charge is 0.337 e. The number of ether oxygens (including phenoxy) is 9. The van der Waals surface area contributed by atoms with Gasteiger partial charge in [-0.15, -0.1) is 0 Å². The minimum absolute atomic E-state index is 0.122. The maximum absolute atomic E-state index is 14.1. The fourth-order valence-electron chi connectivity index (χ4n) is 17.1. The Balaban J connectivity index is 1.12. The average Bonchev–Trinajstić information content (AvgIpc) is 0.712. The molecule has 0 bridgehead atoms. The van der Waals surface area contributed by atoms with Crippen molar-refractivity contribution in [3.05, 3.63) is 34.9 Å². The lowest BCUT2D eigenvalue weighted by Gasteiger charge is -2.73. The zero-order valence-electron chi connectivity index (χ0n) is 52.3. The second-order valence-corrected chi connectivity index (χ2v) is 28.4. The molecule has 3 aliphatic heterocycles. The summed E-state index contributed by atoms with van der Waals surface area (Å²) in [5.74, 6) is -3.75. The second kappa shape index (κ2) is 25.9. The number of hydrogen-bond donors (Lipinski definition) is 11. The Labute approximate surface area is 504 Å². The highest BCUT2D eigenvalue weighted by atomic mass is 16.8. The molecule has 5 aliphatic carbocycles. The molecule has 8 rings (SSSR count). The topological polar surface area (TPSA) is 357 Å². The van der Waals surface area contributed by atoms with Gasteiger partial charge in [-0.05, 0) is 113 Å². The van der Waals surface area contributed by atoms with Crippen LogP contribution in [0.1, 0.15) is 141 Å². The van der Waals surface area contributed by atoms with Crippen LogP contribution in [0.25, 0.3) is 0 Å². The molecule has 3 saturated heterocycles. The molecule has 490 valence electrons. The van der Waals surface area contributed by atoms with Crippen molar-refractivity contribution in [3.8, 4) is 0 Å². The van der Waals surface area contributed by atoms with Gasteiger partial charge >= 0.3 is 17.9 Å². The zero-order chi connectivity index (χ0) is 63.7. The van der Waals surface area contributed by atoms with Crippen molar-refractivity contribution in [1.82, 2.24) is 0 Å². The third kappa shape index (κ3) is 11.6. The van der Waals surface area contributed by atoms with Gasteiger partial charge < -0.3 is 98.8 Å². The van der Waals surface area contributed by atoms with Gasteiger partial charge in [-0.3, -0.25) is 4.79 Å². The average molecular weight is 1230 g/mol. The van der Waals surface area contributed by atoms with Crippen molar-refractivity contribution in [1.29, 1.82) is 0 Å². The van der Waals surface area contributed by atoms with Gasteiger partial charge in [0.1, 0.15) is 67.1 Å². The first-order valence-corrected chi connectivity index (χ1v) is 30.9. The molecule has 0 amide bonds. The third-order valence-electron chi connectivity index (χ3n) is 22.5. The summed E-state index contributed by atoms with van der Waals surface area (Å²) in [5.41, 5.74) is -2.86. The van der Waals surface area contributed by atoms with Crippen LogP contribution in [0, 0.1) is 56.2 Å². The molecule has 3 heterocycles. The van der Waals surface area contributed by atoms with Crippen molar-refractivity contribution >= 4 is 17.9 Å². The van der Waals surface area contributed by atoms with E-state index in [1.807, 2.05) is 48.5 Å². The Morgan fingerprint density at radius 2 is 1.31 bits per heavy atom. The van der Waals surface area contributed by atoms with Crippen molar-refractivity contribution in [3.63, 3.8) is 0 Å². The van der Waals surface area contributed by atoms with E-state index in [2.05, 4.69) is 39.8 Å². The first kappa shape index (κ1) is 68.9. The van der Waals surface area contributed by atoms with Crippen LogP contribution in [-0.4, -0.2) is 218 Å². The Morgan fingerprint density at radius 1 is 0.709 bits per heavy atom.